The number of rotatable bonds is 5. The highest BCUT2D eigenvalue weighted by atomic mass is 32.2. The lowest BCUT2D eigenvalue weighted by molar-refractivity contribution is -0.131. The molecule has 0 spiro atoms. The molecule has 1 atom stereocenters. The maximum atomic E-state index is 12.6. The van der Waals surface area contributed by atoms with E-state index in [4.69, 9.17) is 5.11 Å². The third kappa shape index (κ3) is 3.49. The summed E-state index contributed by atoms with van der Waals surface area (Å²) in [5, 5.41) is 17.9. The quantitative estimate of drug-likeness (QED) is 0.789. The number of aliphatic hydroxyl groups excluding tert-OH is 1. The second-order valence-electron chi connectivity index (χ2n) is 4.84. The maximum Gasteiger partial charge on any atom is 0.328 e. The van der Waals surface area contributed by atoms with Gasteiger partial charge in [0.25, 0.3) is 0 Å². The first kappa shape index (κ1) is 15.7. The van der Waals surface area contributed by atoms with E-state index in [0.29, 0.717) is 18.5 Å². The van der Waals surface area contributed by atoms with Crippen LogP contribution in [0.2, 0.25) is 0 Å². The van der Waals surface area contributed by atoms with Crippen LogP contribution < -0.4 is 0 Å². The van der Waals surface area contributed by atoms with E-state index in [0.717, 1.165) is 12.5 Å². The van der Waals surface area contributed by atoms with Gasteiger partial charge in [0.15, 0.2) is 0 Å². The lowest BCUT2D eigenvalue weighted by Gasteiger charge is -2.22. The topological polar surface area (TPSA) is 94.9 Å². The normalized spacial score (nSPS) is 20.1. The number of nitrogens with zero attached hydrogens (tertiary/aromatic N) is 1. The smallest absolute Gasteiger partial charge is 0.328 e. The highest BCUT2D eigenvalue weighted by Crippen LogP contribution is 2.26. The zero-order valence-corrected chi connectivity index (χ0v) is 12.2. The fourth-order valence-corrected chi connectivity index (χ4v) is 4.13. The molecule has 2 rings (SSSR count). The number of aliphatic carboxylic acids is 1. The molecule has 1 aliphatic rings. The summed E-state index contributed by atoms with van der Waals surface area (Å²) in [4.78, 5) is 10.6. The highest BCUT2D eigenvalue weighted by Gasteiger charge is 2.34. The van der Waals surface area contributed by atoms with E-state index in [2.05, 4.69) is 0 Å². The van der Waals surface area contributed by atoms with Crippen LogP contribution in [0.4, 0.5) is 0 Å². The van der Waals surface area contributed by atoms with E-state index in [1.54, 1.807) is 12.1 Å². The van der Waals surface area contributed by atoms with E-state index < -0.39 is 16.0 Å². The predicted molar refractivity (Wildman–Crippen MR) is 77.1 cm³/mol. The van der Waals surface area contributed by atoms with E-state index in [9.17, 15) is 18.3 Å². The molecular formula is C14H17NO5S. The third-order valence-electron chi connectivity index (χ3n) is 3.42. The Morgan fingerprint density at radius 2 is 2.19 bits per heavy atom. The minimum absolute atomic E-state index is 0.107. The van der Waals surface area contributed by atoms with Crippen LogP contribution in [0.1, 0.15) is 18.4 Å². The van der Waals surface area contributed by atoms with Crippen LogP contribution in [-0.2, 0) is 14.8 Å². The molecular weight excluding hydrogens is 294 g/mol. The molecule has 0 saturated carbocycles. The van der Waals surface area contributed by atoms with Gasteiger partial charge in [-0.2, -0.15) is 4.31 Å². The first-order valence-electron chi connectivity index (χ1n) is 6.59. The van der Waals surface area contributed by atoms with Gasteiger partial charge in [0.2, 0.25) is 10.0 Å². The summed E-state index contributed by atoms with van der Waals surface area (Å²) in [5.74, 6) is -1.09. The zero-order chi connectivity index (χ0) is 15.5. The molecule has 6 nitrogen and oxygen atoms in total. The van der Waals surface area contributed by atoms with E-state index in [1.807, 2.05) is 0 Å². The number of aliphatic hydroxyl groups is 1. The lowest BCUT2D eigenvalue weighted by Crippen LogP contribution is -2.37. The first-order valence-corrected chi connectivity index (χ1v) is 8.03. The summed E-state index contributed by atoms with van der Waals surface area (Å²) in [7, 11) is -3.67. The first-order chi connectivity index (χ1) is 9.95. The lowest BCUT2D eigenvalue weighted by atomic mass is 10.2. The number of carboxylic acid groups (broad SMARTS) is 1. The predicted octanol–water partition coefficient (Wildman–Crippen LogP) is 0.930. The highest BCUT2D eigenvalue weighted by molar-refractivity contribution is 7.89. The van der Waals surface area contributed by atoms with Crippen LogP contribution in [0.3, 0.4) is 0 Å². The van der Waals surface area contributed by atoms with Gasteiger partial charge in [-0.05, 0) is 36.6 Å². The molecule has 0 aliphatic carbocycles. The van der Waals surface area contributed by atoms with Crippen LogP contribution >= 0.6 is 0 Å². The number of carbonyl (C=O) groups is 1. The van der Waals surface area contributed by atoms with Gasteiger partial charge < -0.3 is 10.2 Å². The fraction of sp³-hybridized carbons (Fsp3) is 0.357. The summed E-state index contributed by atoms with van der Waals surface area (Å²) in [5.41, 5.74) is 0.498. The van der Waals surface area contributed by atoms with Crippen molar-refractivity contribution in [1.29, 1.82) is 0 Å². The van der Waals surface area contributed by atoms with E-state index in [-0.39, 0.29) is 17.5 Å². The van der Waals surface area contributed by atoms with Gasteiger partial charge >= 0.3 is 5.97 Å². The Hall–Kier alpha value is -1.70. The van der Waals surface area contributed by atoms with Gasteiger partial charge in [0, 0.05) is 18.7 Å². The monoisotopic (exact) mass is 311 g/mol. The standard InChI is InChI=1S/C14H17NO5S/c16-10-12-4-2-8-15(12)21(19,20)13-5-1-3-11(9-13)6-7-14(17)18/h1,3,5-7,9,12,16H,2,4,8,10H2,(H,17,18). The molecule has 1 unspecified atom stereocenters. The molecule has 0 radical (unpaired) electrons. The number of hydrogen-bond acceptors (Lipinski definition) is 4. The summed E-state index contributed by atoms with van der Waals surface area (Å²) in [6, 6.07) is 5.72. The molecule has 1 aromatic rings. The van der Waals surface area contributed by atoms with E-state index >= 15 is 0 Å². The number of benzene rings is 1. The van der Waals surface area contributed by atoms with Crippen molar-refractivity contribution in [3.8, 4) is 0 Å². The van der Waals surface area contributed by atoms with Gasteiger partial charge in [0.05, 0.1) is 11.5 Å². The summed E-state index contributed by atoms with van der Waals surface area (Å²) >= 11 is 0. The van der Waals surface area contributed by atoms with Crippen LogP contribution in [0.15, 0.2) is 35.2 Å². The Kier molecular flexibility index (Phi) is 4.76. The molecule has 114 valence electrons. The van der Waals surface area contributed by atoms with Crippen molar-refractivity contribution in [2.45, 2.75) is 23.8 Å². The molecule has 2 N–H and O–H groups in total. The average molecular weight is 311 g/mol. The Morgan fingerprint density at radius 1 is 1.43 bits per heavy atom. The van der Waals surface area contributed by atoms with Gasteiger partial charge in [-0.25, -0.2) is 13.2 Å². The van der Waals surface area contributed by atoms with Crippen molar-refractivity contribution in [3.63, 3.8) is 0 Å². The van der Waals surface area contributed by atoms with Gasteiger partial charge in [-0.3, -0.25) is 0 Å². The van der Waals surface area contributed by atoms with Gasteiger partial charge in [-0.1, -0.05) is 12.1 Å². The summed E-state index contributed by atoms with van der Waals surface area (Å²) in [6.45, 7) is 0.195. The summed E-state index contributed by atoms with van der Waals surface area (Å²) in [6.07, 6.45) is 3.67. The van der Waals surface area contributed by atoms with Gasteiger partial charge in [0.1, 0.15) is 0 Å². The Balaban J connectivity index is 2.32. The molecule has 1 aliphatic heterocycles. The largest absolute Gasteiger partial charge is 0.478 e. The molecule has 1 heterocycles. The van der Waals surface area contributed by atoms with Crippen molar-refractivity contribution in [1.82, 2.24) is 4.31 Å². The maximum absolute atomic E-state index is 12.6. The van der Waals surface area contributed by atoms with Crippen LogP contribution in [-0.4, -0.2) is 48.1 Å². The molecule has 0 aromatic heterocycles. The summed E-state index contributed by atoms with van der Waals surface area (Å²) < 4.78 is 26.4. The number of sulfonamides is 1. The van der Waals surface area contributed by atoms with Crippen molar-refractivity contribution < 1.29 is 23.4 Å². The number of carboxylic acids is 1. The van der Waals surface area contributed by atoms with Crippen LogP contribution in [0.25, 0.3) is 6.08 Å². The third-order valence-corrected chi connectivity index (χ3v) is 5.36. The minimum atomic E-state index is -3.67. The van der Waals surface area contributed by atoms with Crippen LogP contribution in [0.5, 0.6) is 0 Å². The van der Waals surface area contributed by atoms with Crippen LogP contribution in [0, 0.1) is 0 Å². The molecule has 1 aromatic carbocycles. The fourth-order valence-electron chi connectivity index (χ4n) is 2.39. The Morgan fingerprint density at radius 3 is 2.86 bits per heavy atom. The van der Waals surface area contributed by atoms with Crippen molar-refractivity contribution >= 4 is 22.1 Å². The Labute approximate surface area is 123 Å². The Bertz CT molecular complexity index is 653. The second-order valence-corrected chi connectivity index (χ2v) is 6.73. The van der Waals surface area contributed by atoms with Crippen molar-refractivity contribution in [2.75, 3.05) is 13.2 Å². The van der Waals surface area contributed by atoms with E-state index in [1.165, 1.54) is 22.5 Å². The molecule has 21 heavy (non-hydrogen) atoms. The van der Waals surface area contributed by atoms with Crippen molar-refractivity contribution in [3.05, 3.63) is 35.9 Å². The average Bonchev–Trinajstić information content (AvgIpc) is 2.94. The second kappa shape index (κ2) is 6.38. The molecule has 0 amide bonds. The SMILES string of the molecule is O=C(O)C=Cc1cccc(S(=O)(=O)N2CCCC2CO)c1. The molecule has 0 bridgehead atoms. The molecule has 7 heteroatoms. The number of hydrogen-bond donors (Lipinski definition) is 2. The molecule has 1 saturated heterocycles. The zero-order valence-electron chi connectivity index (χ0n) is 11.3. The van der Waals surface area contributed by atoms with Gasteiger partial charge in [-0.15, -0.1) is 0 Å². The van der Waals surface area contributed by atoms with Crippen molar-refractivity contribution in [2.24, 2.45) is 0 Å². The molecule has 1 fully saturated rings. The minimum Gasteiger partial charge on any atom is -0.478 e.